The molecule has 0 fully saturated rings. The molecule has 1 aromatic heterocycles. The van der Waals surface area contributed by atoms with E-state index >= 15 is 0 Å². The summed E-state index contributed by atoms with van der Waals surface area (Å²) in [6, 6.07) is 14.8. The van der Waals surface area contributed by atoms with Gasteiger partial charge in [0.05, 0.1) is 17.3 Å². The molecule has 0 unspecified atom stereocenters. The Hall–Kier alpha value is -3.08. The van der Waals surface area contributed by atoms with Crippen LogP contribution in [0.4, 0.5) is 4.39 Å². The molecule has 0 saturated carbocycles. The molecule has 130 valence electrons. The van der Waals surface area contributed by atoms with E-state index in [0.717, 1.165) is 23.3 Å². The summed E-state index contributed by atoms with van der Waals surface area (Å²) < 4.78 is 37.0. The molecule has 0 aliphatic heterocycles. The number of aromatic nitrogens is 1. The number of nitrogens with zero attached hydrogens (tertiary/aromatic N) is 2. The average molecular weight is 367 g/mol. The van der Waals surface area contributed by atoms with Crippen molar-refractivity contribution >= 4 is 10.0 Å². The van der Waals surface area contributed by atoms with Crippen LogP contribution in [-0.4, -0.2) is 13.4 Å². The smallest absolute Gasteiger partial charge is 0.240 e. The maximum atomic E-state index is 14.2. The van der Waals surface area contributed by atoms with Crippen molar-refractivity contribution < 1.29 is 12.8 Å². The van der Waals surface area contributed by atoms with Crippen LogP contribution in [0.15, 0.2) is 59.6 Å². The molecule has 3 rings (SSSR count). The van der Waals surface area contributed by atoms with E-state index in [-0.39, 0.29) is 0 Å². The minimum Gasteiger partial charge on any atom is -0.256 e. The van der Waals surface area contributed by atoms with Crippen molar-refractivity contribution in [2.45, 2.75) is 11.8 Å². The number of nitrogens with two attached hydrogens (primary N) is 1. The Kier molecular flexibility index (Phi) is 4.55. The average Bonchev–Trinajstić information content (AvgIpc) is 2.61. The SMILES string of the molecule is Cc1ccc(-c2cccnc2-c2ccc(S(N)(=O)=O)c(F)c2)cc1C#N. The third kappa shape index (κ3) is 3.33. The van der Waals surface area contributed by atoms with E-state index in [1.165, 1.54) is 6.07 Å². The van der Waals surface area contributed by atoms with Gasteiger partial charge in [0.25, 0.3) is 0 Å². The highest BCUT2D eigenvalue weighted by atomic mass is 32.2. The van der Waals surface area contributed by atoms with Crippen LogP contribution in [0.25, 0.3) is 22.4 Å². The maximum absolute atomic E-state index is 14.2. The zero-order valence-electron chi connectivity index (χ0n) is 13.8. The molecule has 1 heterocycles. The minimum absolute atomic E-state index is 0.407. The highest BCUT2D eigenvalue weighted by Gasteiger charge is 2.17. The predicted octanol–water partition coefficient (Wildman–Crippen LogP) is 3.38. The van der Waals surface area contributed by atoms with E-state index in [2.05, 4.69) is 11.1 Å². The van der Waals surface area contributed by atoms with Gasteiger partial charge in [-0.15, -0.1) is 0 Å². The number of rotatable bonds is 3. The second-order valence-corrected chi connectivity index (χ2v) is 7.26. The van der Waals surface area contributed by atoms with Crippen molar-refractivity contribution in [1.29, 1.82) is 5.26 Å². The van der Waals surface area contributed by atoms with Gasteiger partial charge in [0.2, 0.25) is 10.0 Å². The zero-order chi connectivity index (χ0) is 18.9. The molecule has 0 aliphatic rings. The van der Waals surface area contributed by atoms with Crippen LogP contribution >= 0.6 is 0 Å². The first-order valence-corrected chi connectivity index (χ1v) is 9.15. The molecule has 0 amide bonds. The summed E-state index contributed by atoms with van der Waals surface area (Å²) in [5, 5.41) is 14.2. The molecule has 0 aliphatic carbocycles. The second kappa shape index (κ2) is 6.67. The van der Waals surface area contributed by atoms with Gasteiger partial charge in [-0.05, 0) is 42.3 Å². The Morgan fingerprint density at radius 2 is 1.85 bits per heavy atom. The monoisotopic (exact) mass is 367 g/mol. The molecule has 2 aromatic carbocycles. The minimum atomic E-state index is -4.14. The summed E-state index contributed by atoms with van der Waals surface area (Å²) in [7, 11) is -4.14. The highest BCUT2D eigenvalue weighted by Crippen LogP contribution is 2.32. The lowest BCUT2D eigenvalue weighted by molar-refractivity contribution is 0.568. The van der Waals surface area contributed by atoms with Crippen molar-refractivity contribution in [3.05, 3.63) is 71.7 Å². The van der Waals surface area contributed by atoms with Gasteiger partial charge in [0.15, 0.2) is 0 Å². The van der Waals surface area contributed by atoms with Gasteiger partial charge in [0, 0.05) is 17.3 Å². The standard InChI is InChI=1S/C19H14FN3O2S/c1-12-4-5-13(9-15(12)11-21)16-3-2-8-23-19(16)14-6-7-18(17(20)10-14)26(22,24)25/h2-10H,1H3,(H2,22,24,25). The number of hydrogen-bond acceptors (Lipinski definition) is 4. The predicted molar refractivity (Wildman–Crippen MR) is 95.9 cm³/mol. The highest BCUT2D eigenvalue weighted by molar-refractivity contribution is 7.89. The van der Waals surface area contributed by atoms with E-state index < -0.39 is 20.7 Å². The van der Waals surface area contributed by atoms with E-state index in [0.29, 0.717) is 22.4 Å². The van der Waals surface area contributed by atoms with Gasteiger partial charge in [0.1, 0.15) is 10.7 Å². The van der Waals surface area contributed by atoms with Gasteiger partial charge in [-0.2, -0.15) is 5.26 Å². The lowest BCUT2D eigenvalue weighted by Gasteiger charge is -2.11. The molecule has 7 heteroatoms. The molecule has 0 bridgehead atoms. The third-order valence-electron chi connectivity index (χ3n) is 3.99. The number of halogens is 1. The molecule has 2 N–H and O–H groups in total. The molecule has 0 atom stereocenters. The second-order valence-electron chi connectivity index (χ2n) is 5.73. The van der Waals surface area contributed by atoms with Gasteiger partial charge < -0.3 is 0 Å². The van der Waals surface area contributed by atoms with Crippen molar-refractivity contribution in [2.75, 3.05) is 0 Å². The van der Waals surface area contributed by atoms with Gasteiger partial charge in [-0.3, -0.25) is 4.98 Å². The first-order valence-electron chi connectivity index (χ1n) is 7.60. The number of primary sulfonamides is 1. The zero-order valence-corrected chi connectivity index (χ0v) is 14.6. The third-order valence-corrected chi connectivity index (χ3v) is 4.93. The summed E-state index contributed by atoms with van der Waals surface area (Å²) in [6.07, 6.45) is 1.56. The molecule has 5 nitrogen and oxygen atoms in total. The first kappa shape index (κ1) is 17.7. The lowest BCUT2D eigenvalue weighted by Crippen LogP contribution is -2.14. The molecule has 0 radical (unpaired) electrons. The summed E-state index contributed by atoms with van der Waals surface area (Å²) in [5.41, 5.74) is 3.72. The molecule has 0 spiro atoms. The Balaban J connectivity index is 2.18. The van der Waals surface area contributed by atoms with Crippen LogP contribution in [0, 0.1) is 24.1 Å². The van der Waals surface area contributed by atoms with Crippen molar-refractivity contribution in [3.63, 3.8) is 0 Å². The van der Waals surface area contributed by atoms with Gasteiger partial charge in [-0.1, -0.05) is 24.3 Å². The first-order chi connectivity index (χ1) is 12.3. The van der Waals surface area contributed by atoms with Crippen LogP contribution < -0.4 is 5.14 Å². The maximum Gasteiger partial charge on any atom is 0.240 e. The van der Waals surface area contributed by atoms with E-state index in [9.17, 15) is 18.1 Å². The molecule has 0 saturated heterocycles. The van der Waals surface area contributed by atoms with Crippen molar-refractivity contribution in [1.82, 2.24) is 4.98 Å². The lowest BCUT2D eigenvalue weighted by atomic mass is 9.96. The summed E-state index contributed by atoms with van der Waals surface area (Å²) in [4.78, 5) is 3.74. The van der Waals surface area contributed by atoms with Crippen LogP contribution in [0.3, 0.4) is 0 Å². The quantitative estimate of drug-likeness (QED) is 0.767. The number of pyridine rings is 1. The van der Waals surface area contributed by atoms with Gasteiger partial charge >= 0.3 is 0 Å². The van der Waals surface area contributed by atoms with Gasteiger partial charge in [-0.25, -0.2) is 17.9 Å². The fraction of sp³-hybridized carbons (Fsp3) is 0.0526. The summed E-state index contributed by atoms with van der Waals surface area (Å²) >= 11 is 0. The number of aryl methyl sites for hydroxylation is 1. The topological polar surface area (TPSA) is 96.8 Å². The Labute approximate surface area is 150 Å². The molecular formula is C19H14FN3O2S. The Bertz CT molecular complexity index is 1150. The van der Waals surface area contributed by atoms with Crippen LogP contribution in [0.5, 0.6) is 0 Å². The van der Waals surface area contributed by atoms with E-state index in [1.54, 1.807) is 24.4 Å². The van der Waals surface area contributed by atoms with Crippen molar-refractivity contribution in [2.24, 2.45) is 5.14 Å². The fourth-order valence-corrected chi connectivity index (χ4v) is 3.25. The number of benzene rings is 2. The van der Waals surface area contributed by atoms with E-state index in [1.807, 2.05) is 19.1 Å². The normalized spacial score (nSPS) is 11.2. The molecule has 3 aromatic rings. The number of hydrogen-bond donors (Lipinski definition) is 1. The van der Waals surface area contributed by atoms with Crippen LogP contribution in [0.1, 0.15) is 11.1 Å². The largest absolute Gasteiger partial charge is 0.256 e. The van der Waals surface area contributed by atoms with Crippen LogP contribution in [0.2, 0.25) is 0 Å². The molecule has 26 heavy (non-hydrogen) atoms. The number of sulfonamides is 1. The van der Waals surface area contributed by atoms with E-state index in [4.69, 9.17) is 5.14 Å². The molecular weight excluding hydrogens is 353 g/mol. The Morgan fingerprint density at radius 1 is 1.12 bits per heavy atom. The fourth-order valence-electron chi connectivity index (χ4n) is 2.66. The Morgan fingerprint density at radius 3 is 2.50 bits per heavy atom. The number of nitriles is 1. The summed E-state index contributed by atoms with van der Waals surface area (Å²) in [5.74, 6) is -0.941. The van der Waals surface area contributed by atoms with Crippen LogP contribution in [-0.2, 0) is 10.0 Å². The summed E-state index contributed by atoms with van der Waals surface area (Å²) in [6.45, 7) is 1.84. The van der Waals surface area contributed by atoms with Crippen molar-refractivity contribution in [3.8, 4) is 28.5 Å².